The average molecular weight is 1140 g/mol. The van der Waals surface area contributed by atoms with Crippen LogP contribution in [0.15, 0.2) is 66.7 Å². The molecule has 24 heteroatoms. The number of nitrogens with two attached hydrogens (primary N) is 1. The number of methoxy groups -OCH3 is 2. The van der Waals surface area contributed by atoms with E-state index in [0.717, 1.165) is 26.1 Å². The molecule has 0 saturated carbocycles. The molecule has 2 aliphatic rings. The molecule has 2 aliphatic heterocycles. The molecule has 6 rings (SSSR count). The molecule has 434 valence electrons. The van der Waals surface area contributed by atoms with E-state index in [4.69, 9.17) is 34.5 Å². The molecule has 1 aromatic heterocycles. The number of hydrogen-bond acceptors (Lipinski definition) is 16. The number of fused-ring (bicyclic) bond motifs is 2. The monoisotopic (exact) mass is 1140 g/mol. The molecule has 0 unspecified atom stereocenters. The highest BCUT2D eigenvalue weighted by Gasteiger charge is 2.30. The number of carboxylic acids is 1. The van der Waals surface area contributed by atoms with Crippen LogP contribution in [0.5, 0.6) is 23.0 Å². The molecular weight excluding hydrogens is 1070 g/mol. The molecule has 7 N–H and O–H groups in total. The van der Waals surface area contributed by atoms with Gasteiger partial charge in [0.15, 0.2) is 28.8 Å². The Hall–Kier alpha value is -8.54. The maximum absolute atomic E-state index is 13.6. The van der Waals surface area contributed by atoms with Gasteiger partial charge in [0.05, 0.1) is 45.2 Å². The van der Waals surface area contributed by atoms with Crippen LogP contribution in [0.3, 0.4) is 0 Å². The lowest BCUT2D eigenvalue weighted by atomic mass is 10.0. The number of nitrogens with zero attached hydrogens (tertiary/aromatic N) is 2. The van der Waals surface area contributed by atoms with Crippen molar-refractivity contribution in [2.45, 2.75) is 116 Å². The lowest BCUT2D eigenvalue weighted by molar-refractivity contribution is -0.145. The fourth-order valence-electron chi connectivity index (χ4n) is 8.81. The van der Waals surface area contributed by atoms with E-state index in [2.05, 4.69) is 21.3 Å². The van der Waals surface area contributed by atoms with Gasteiger partial charge in [0.2, 0.25) is 23.6 Å². The van der Waals surface area contributed by atoms with Gasteiger partial charge in [-0.05, 0) is 90.1 Å². The van der Waals surface area contributed by atoms with Crippen LogP contribution in [0.4, 0.5) is 10.5 Å². The third-order valence-corrected chi connectivity index (χ3v) is 14.4. The van der Waals surface area contributed by atoms with Gasteiger partial charge in [0, 0.05) is 80.5 Å². The fraction of sp³-hybridized carbons (Fsp3) is 0.439. The van der Waals surface area contributed by atoms with Crippen molar-refractivity contribution < 1.29 is 76.7 Å². The smallest absolute Gasteiger partial charge is 0.312 e. The summed E-state index contributed by atoms with van der Waals surface area (Å²) in [6, 6.07) is 12.7. The maximum atomic E-state index is 13.6. The van der Waals surface area contributed by atoms with Crippen molar-refractivity contribution in [3.8, 4) is 23.0 Å². The number of aliphatic carboxylic acids is 1. The number of ether oxygens (including phenoxy) is 5. The molecule has 3 heterocycles. The molecule has 81 heavy (non-hydrogen) atoms. The molecular formula is C57H69N7O16S. The highest BCUT2D eigenvalue weighted by molar-refractivity contribution is 7.20. The summed E-state index contributed by atoms with van der Waals surface area (Å²) in [6.07, 6.45) is 4.40. The molecule has 0 spiro atoms. The first-order chi connectivity index (χ1) is 38.8. The minimum absolute atomic E-state index is 0.0736. The Bertz CT molecular complexity index is 2980. The van der Waals surface area contributed by atoms with E-state index in [9.17, 15) is 47.9 Å². The van der Waals surface area contributed by atoms with E-state index in [-0.39, 0.29) is 113 Å². The van der Waals surface area contributed by atoms with Crippen LogP contribution in [0.2, 0.25) is 0 Å². The van der Waals surface area contributed by atoms with E-state index in [1.165, 1.54) is 37.7 Å². The van der Waals surface area contributed by atoms with Crippen molar-refractivity contribution in [2.24, 2.45) is 11.7 Å². The molecule has 23 nitrogen and oxygen atoms in total. The second-order valence-electron chi connectivity index (χ2n) is 19.6. The number of carbonyl (C=O) groups excluding carboxylic acids is 9. The number of amides is 8. The van der Waals surface area contributed by atoms with Gasteiger partial charge in [-0.25, -0.2) is 4.79 Å². The summed E-state index contributed by atoms with van der Waals surface area (Å²) >= 11 is 1.26. The van der Waals surface area contributed by atoms with Gasteiger partial charge in [0.25, 0.3) is 11.8 Å². The van der Waals surface area contributed by atoms with Gasteiger partial charge in [0.1, 0.15) is 18.7 Å². The number of benzene rings is 3. The molecule has 0 aliphatic carbocycles. The Morgan fingerprint density at radius 2 is 1.37 bits per heavy atom. The number of hydrogen-bond donors (Lipinski definition) is 6. The van der Waals surface area contributed by atoms with Crippen LogP contribution in [0.1, 0.15) is 111 Å². The summed E-state index contributed by atoms with van der Waals surface area (Å²) in [6.45, 7) is 5.04. The summed E-state index contributed by atoms with van der Waals surface area (Å²) in [7, 11) is 3.04. The predicted molar refractivity (Wildman–Crippen MR) is 296 cm³/mol. The molecule has 8 amide bonds. The zero-order valence-electron chi connectivity index (χ0n) is 45.8. The first kappa shape index (κ1) is 61.7. The van der Waals surface area contributed by atoms with Crippen LogP contribution in [-0.4, -0.2) is 127 Å². The largest absolute Gasteiger partial charge is 0.493 e. The Morgan fingerprint density at radius 1 is 0.716 bits per heavy atom. The number of rotatable bonds is 33. The number of Topliss-reactive ketones (excluding diaryl/α,β-unsaturated/α-hetero) is 1. The van der Waals surface area contributed by atoms with E-state index < -0.39 is 41.9 Å². The number of carboxylic acid groups (broad SMARTS) is 1. The first-order valence-electron chi connectivity index (χ1n) is 26.6. The number of nitrogens with one attached hydrogen (secondary N) is 4. The van der Waals surface area contributed by atoms with Crippen LogP contribution >= 0.6 is 11.3 Å². The second kappa shape index (κ2) is 30.2. The SMILES string of the molecule is COc1cc2c(cc1OCCCOc1cc3cc(C(=O)CCC(=O)OCc4ccc(NC(=O)[C@H](CCCNC(N)=O)NC(=O)[C@@H](NC(=O)CCCCCN5C(=O)C=CC5=O)C(C)C)cc4)sc3cc1OC)CN(C(=O)CCC(=O)O)C2. The number of unbranched alkanes of at least 4 members (excludes halogenated alkanes) is 2. The van der Waals surface area contributed by atoms with Gasteiger partial charge in [-0.15, -0.1) is 11.3 Å². The van der Waals surface area contributed by atoms with Gasteiger partial charge < -0.3 is 60.7 Å². The third kappa shape index (κ3) is 18.5. The zero-order valence-corrected chi connectivity index (χ0v) is 46.6. The van der Waals surface area contributed by atoms with Crippen LogP contribution < -0.4 is 45.9 Å². The first-order valence-corrected chi connectivity index (χ1v) is 27.5. The van der Waals surface area contributed by atoms with E-state index in [0.29, 0.717) is 77.9 Å². The second-order valence-corrected chi connectivity index (χ2v) is 20.7. The molecule has 2 atom stereocenters. The molecule has 0 fully saturated rings. The minimum atomic E-state index is -1.07. The average Bonchev–Trinajstić information content (AvgIpc) is 4.40. The van der Waals surface area contributed by atoms with Gasteiger partial charge in [-0.3, -0.25) is 48.1 Å². The highest BCUT2D eigenvalue weighted by Crippen LogP contribution is 2.38. The molecule has 0 radical (unpaired) electrons. The van der Waals surface area contributed by atoms with E-state index >= 15 is 0 Å². The van der Waals surface area contributed by atoms with Crippen molar-refractivity contribution in [3.05, 3.63) is 88.3 Å². The molecule has 3 aromatic carbocycles. The van der Waals surface area contributed by atoms with Gasteiger partial charge in [-0.1, -0.05) is 32.4 Å². The molecule has 0 saturated heterocycles. The zero-order chi connectivity index (χ0) is 58.6. The van der Waals surface area contributed by atoms with Crippen molar-refractivity contribution in [2.75, 3.05) is 45.8 Å². The Kier molecular flexibility index (Phi) is 23.0. The summed E-state index contributed by atoms with van der Waals surface area (Å²) in [4.78, 5) is 128. The van der Waals surface area contributed by atoms with Crippen LogP contribution in [0, 0.1) is 5.92 Å². The van der Waals surface area contributed by atoms with E-state index in [1.54, 1.807) is 61.2 Å². The van der Waals surface area contributed by atoms with E-state index in [1.807, 2.05) is 12.1 Å². The Balaban J connectivity index is 0.928. The minimum Gasteiger partial charge on any atom is -0.493 e. The molecule has 0 bridgehead atoms. The number of primary amides is 1. The topological polar surface area (TPSA) is 318 Å². The fourth-order valence-corrected chi connectivity index (χ4v) is 9.85. The van der Waals surface area contributed by atoms with Gasteiger partial charge >= 0.3 is 18.0 Å². The number of imide groups is 1. The van der Waals surface area contributed by atoms with Crippen molar-refractivity contribution in [1.82, 2.24) is 25.8 Å². The number of anilines is 1. The summed E-state index contributed by atoms with van der Waals surface area (Å²) in [5, 5.41) is 20.4. The summed E-state index contributed by atoms with van der Waals surface area (Å²) in [5.74, 6) is -2.74. The van der Waals surface area contributed by atoms with Gasteiger partial charge in [-0.2, -0.15) is 0 Å². The number of carbonyl (C=O) groups is 10. The Labute approximate surface area is 472 Å². The standard InChI is InChI=1S/C57H69N7O16S/c1-34(2)54(62-48(66)11-6-5-7-23-64-50(68)17-18-51(64)69)56(74)61-40(10-8-22-59-57(58)75)55(73)60-39-14-12-35(13-15-39)33-80-53(72)21-16-41(65)47-29-36-26-44(43(77-4)30-46(36)81-47)78-24-9-25-79-45-28-38-32-63(49(67)19-20-52(70)71)31-37(38)27-42(45)76-3/h12-15,17-18,26-30,34,40,54H,5-11,16,19-25,31-33H2,1-4H3,(H,60,73)(H,61,74)(H,62,66)(H,70,71)(H3,58,59,75)/t40-,54-/m0/s1. The summed E-state index contributed by atoms with van der Waals surface area (Å²) in [5.41, 5.74) is 7.98. The quantitative estimate of drug-likeness (QED) is 0.0145. The lowest BCUT2D eigenvalue weighted by Crippen LogP contribution is -2.54. The molecule has 4 aromatic rings. The predicted octanol–water partition coefficient (Wildman–Crippen LogP) is 5.68. The summed E-state index contributed by atoms with van der Waals surface area (Å²) < 4.78 is 29.5. The number of thiophene rings is 1. The third-order valence-electron chi connectivity index (χ3n) is 13.2. The van der Waals surface area contributed by atoms with Crippen LogP contribution in [0.25, 0.3) is 10.1 Å². The number of urea groups is 1. The van der Waals surface area contributed by atoms with Crippen molar-refractivity contribution in [3.63, 3.8) is 0 Å². The maximum Gasteiger partial charge on any atom is 0.312 e. The number of ketones is 1. The number of esters is 1. The van der Waals surface area contributed by atoms with Crippen LogP contribution in [-0.2, 0) is 62.8 Å². The Morgan fingerprint density at radius 3 is 2.01 bits per heavy atom. The van der Waals surface area contributed by atoms with Crippen molar-refractivity contribution in [1.29, 1.82) is 0 Å². The normalized spacial score (nSPS) is 13.3. The lowest BCUT2D eigenvalue weighted by Gasteiger charge is -2.25. The highest BCUT2D eigenvalue weighted by atomic mass is 32.1. The van der Waals surface area contributed by atoms with Crippen molar-refractivity contribution >= 4 is 86.3 Å².